The molecule has 1 aliphatic rings. The molecule has 0 radical (unpaired) electrons. The average Bonchev–Trinajstić information content (AvgIpc) is 2.32. The molecule has 0 aliphatic carbocycles. The predicted molar refractivity (Wildman–Crippen MR) is 67.8 cm³/mol. The molecule has 0 aromatic carbocycles. The smallest absolute Gasteiger partial charge is 0.213 e. The molecule has 3 nitrogen and oxygen atoms in total. The van der Waals surface area contributed by atoms with Crippen molar-refractivity contribution in [3.8, 4) is 5.88 Å². The lowest BCUT2D eigenvalue weighted by molar-refractivity contribution is 0.232. The van der Waals surface area contributed by atoms with E-state index in [2.05, 4.69) is 26.2 Å². The van der Waals surface area contributed by atoms with Gasteiger partial charge in [-0.1, -0.05) is 6.42 Å². The fraction of sp³-hybridized carbons (Fsp3) is 0.583. The van der Waals surface area contributed by atoms with Crippen LogP contribution in [0.1, 0.15) is 24.8 Å². The van der Waals surface area contributed by atoms with Gasteiger partial charge in [-0.3, -0.25) is 0 Å². The zero-order valence-corrected chi connectivity index (χ0v) is 11.1. The number of halogens is 1. The van der Waals surface area contributed by atoms with E-state index in [4.69, 9.17) is 4.74 Å². The van der Waals surface area contributed by atoms with Crippen LogP contribution in [0.3, 0.4) is 0 Å². The van der Waals surface area contributed by atoms with E-state index in [1.54, 1.807) is 6.20 Å². The lowest BCUT2D eigenvalue weighted by Gasteiger charge is -2.23. The second kappa shape index (κ2) is 5.64. The molecule has 0 saturated carbocycles. The van der Waals surface area contributed by atoms with Crippen molar-refractivity contribution in [1.29, 1.82) is 0 Å². The number of pyridine rings is 1. The minimum Gasteiger partial charge on any atom is -0.476 e. The molecule has 0 bridgehead atoms. The van der Waals surface area contributed by atoms with Gasteiger partial charge in [0, 0.05) is 22.8 Å². The number of rotatable bonds is 3. The standard InChI is InChI=1S/C12H17BrN2O/c1-9-6-12(15-7-11(9)13)16-8-10-4-2-3-5-14-10/h6-7,10,14H,2-5,8H2,1H3. The van der Waals surface area contributed by atoms with Crippen LogP contribution in [0.25, 0.3) is 0 Å². The third kappa shape index (κ3) is 3.19. The molecular formula is C12H17BrN2O. The Hall–Kier alpha value is -0.610. The molecule has 2 rings (SSSR count). The van der Waals surface area contributed by atoms with E-state index in [-0.39, 0.29) is 0 Å². The number of aromatic nitrogens is 1. The van der Waals surface area contributed by atoms with Crippen molar-refractivity contribution in [3.63, 3.8) is 0 Å². The zero-order valence-electron chi connectivity index (χ0n) is 9.50. The van der Waals surface area contributed by atoms with Crippen LogP contribution in [-0.4, -0.2) is 24.2 Å². The van der Waals surface area contributed by atoms with Crippen LogP contribution < -0.4 is 10.1 Å². The fourth-order valence-electron chi connectivity index (χ4n) is 1.84. The van der Waals surface area contributed by atoms with E-state index < -0.39 is 0 Å². The summed E-state index contributed by atoms with van der Waals surface area (Å²) in [6, 6.07) is 2.45. The third-order valence-corrected chi connectivity index (χ3v) is 3.70. The topological polar surface area (TPSA) is 34.1 Å². The number of piperidine rings is 1. The SMILES string of the molecule is Cc1cc(OCC2CCCCN2)ncc1Br. The highest BCUT2D eigenvalue weighted by atomic mass is 79.9. The molecule has 0 amide bonds. The molecule has 1 aromatic rings. The number of nitrogens with one attached hydrogen (secondary N) is 1. The van der Waals surface area contributed by atoms with Crippen LogP contribution >= 0.6 is 15.9 Å². The maximum absolute atomic E-state index is 5.69. The van der Waals surface area contributed by atoms with Crippen molar-refractivity contribution in [1.82, 2.24) is 10.3 Å². The van der Waals surface area contributed by atoms with Gasteiger partial charge in [0.25, 0.3) is 0 Å². The molecule has 16 heavy (non-hydrogen) atoms. The predicted octanol–water partition coefficient (Wildman–Crippen LogP) is 2.67. The van der Waals surface area contributed by atoms with Crippen molar-refractivity contribution in [2.24, 2.45) is 0 Å². The Morgan fingerprint density at radius 2 is 2.44 bits per heavy atom. The number of hydrogen-bond donors (Lipinski definition) is 1. The Kier molecular flexibility index (Phi) is 4.18. The molecule has 2 heterocycles. The molecule has 1 unspecified atom stereocenters. The summed E-state index contributed by atoms with van der Waals surface area (Å²) in [7, 11) is 0. The minimum absolute atomic E-state index is 0.486. The fourth-order valence-corrected chi connectivity index (χ4v) is 2.06. The number of aryl methyl sites for hydroxylation is 1. The van der Waals surface area contributed by atoms with Gasteiger partial charge >= 0.3 is 0 Å². The Balaban J connectivity index is 1.86. The second-order valence-electron chi connectivity index (χ2n) is 4.23. The van der Waals surface area contributed by atoms with Crippen molar-refractivity contribution < 1.29 is 4.74 Å². The van der Waals surface area contributed by atoms with Gasteiger partial charge in [0.2, 0.25) is 5.88 Å². The zero-order chi connectivity index (χ0) is 11.4. The van der Waals surface area contributed by atoms with E-state index in [0.717, 1.165) is 16.6 Å². The summed E-state index contributed by atoms with van der Waals surface area (Å²) in [4.78, 5) is 4.23. The molecule has 88 valence electrons. The van der Waals surface area contributed by atoms with Crippen LogP contribution in [0.4, 0.5) is 0 Å². The van der Waals surface area contributed by atoms with Crippen LogP contribution in [-0.2, 0) is 0 Å². The van der Waals surface area contributed by atoms with Gasteiger partial charge in [-0.15, -0.1) is 0 Å². The number of ether oxygens (including phenoxy) is 1. The van der Waals surface area contributed by atoms with Crippen molar-refractivity contribution in [2.75, 3.05) is 13.2 Å². The van der Waals surface area contributed by atoms with Crippen LogP contribution in [0.2, 0.25) is 0 Å². The molecule has 1 atom stereocenters. The first-order valence-corrected chi connectivity index (χ1v) is 6.53. The number of hydrogen-bond acceptors (Lipinski definition) is 3. The van der Waals surface area contributed by atoms with Crippen molar-refractivity contribution in [2.45, 2.75) is 32.2 Å². The first kappa shape index (κ1) is 11.9. The van der Waals surface area contributed by atoms with Crippen molar-refractivity contribution in [3.05, 3.63) is 22.3 Å². The first-order valence-electron chi connectivity index (χ1n) is 5.74. The minimum atomic E-state index is 0.486. The van der Waals surface area contributed by atoms with Gasteiger partial charge in [0.05, 0.1) is 0 Å². The molecule has 1 aliphatic heterocycles. The summed E-state index contributed by atoms with van der Waals surface area (Å²) < 4.78 is 6.71. The highest BCUT2D eigenvalue weighted by Crippen LogP contribution is 2.19. The summed E-state index contributed by atoms with van der Waals surface area (Å²) in [6.45, 7) is 3.87. The lowest BCUT2D eigenvalue weighted by atomic mass is 10.1. The molecule has 1 saturated heterocycles. The van der Waals surface area contributed by atoms with Gasteiger partial charge < -0.3 is 10.1 Å². The van der Waals surface area contributed by atoms with Gasteiger partial charge in [0.1, 0.15) is 6.61 Å². The molecular weight excluding hydrogens is 268 g/mol. The molecule has 1 fully saturated rings. The molecule has 0 spiro atoms. The first-order chi connectivity index (χ1) is 7.75. The van der Waals surface area contributed by atoms with Gasteiger partial charge in [-0.25, -0.2) is 4.98 Å². The Bertz CT molecular complexity index is 351. The van der Waals surface area contributed by atoms with E-state index in [9.17, 15) is 0 Å². The van der Waals surface area contributed by atoms with E-state index in [1.165, 1.54) is 19.3 Å². The number of nitrogens with zero attached hydrogens (tertiary/aromatic N) is 1. The van der Waals surface area contributed by atoms with Crippen LogP contribution in [0.5, 0.6) is 5.88 Å². The normalized spacial score (nSPS) is 20.8. The quantitative estimate of drug-likeness (QED) is 0.927. The monoisotopic (exact) mass is 284 g/mol. The van der Waals surface area contributed by atoms with E-state index in [1.807, 2.05) is 13.0 Å². The highest BCUT2D eigenvalue weighted by Gasteiger charge is 2.13. The third-order valence-electron chi connectivity index (χ3n) is 2.87. The maximum atomic E-state index is 5.69. The summed E-state index contributed by atoms with van der Waals surface area (Å²) in [5.74, 6) is 0.716. The van der Waals surface area contributed by atoms with Crippen LogP contribution in [0, 0.1) is 6.92 Å². The summed E-state index contributed by atoms with van der Waals surface area (Å²) in [6.07, 6.45) is 5.58. The lowest BCUT2D eigenvalue weighted by Crippen LogP contribution is -2.38. The Morgan fingerprint density at radius 3 is 3.12 bits per heavy atom. The largest absolute Gasteiger partial charge is 0.476 e. The molecule has 1 aromatic heterocycles. The average molecular weight is 285 g/mol. The highest BCUT2D eigenvalue weighted by molar-refractivity contribution is 9.10. The Labute approximate surface area is 105 Å². The molecule has 1 N–H and O–H groups in total. The summed E-state index contributed by atoms with van der Waals surface area (Å²) >= 11 is 3.43. The summed E-state index contributed by atoms with van der Waals surface area (Å²) in [5.41, 5.74) is 1.15. The van der Waals surface area contributed by atoms with Gasteiger partial charge in [-0.05, 0) is 47.8 Å². The van der Waals surface area contributed by atoms with E-state index >= 15 is 0 Å². The van der Waals surface area contributed by atoms with Crippen molar-refractivity contribution >= 4 is 15.9 Å². The van der Waals surface area contributed by atoms with Gasteiger partial charge in [0.15, 0.2) is 0 Å². The van der Waals surface area contributed by atoms with E-state index in [0.29, 0.717) is 18.5 Å². The van der Waals surface area contributed by atoms with Gasteiger partial charge in [-0.2, -0.15) is 0 Å². The molecule has 4 heteroatoms. The summed E-state index contributed by atoms with van der Waals surface area (Å²) in [5, 5.41) is 3.45. The Morgan fingerprint density at radius 1 is 1.56 bits per heavy atom. The second-order valence-corrected chi connectivity index (χ2v) is 5.08. The van der Waals surface area contributed by atoms with Crippen LogP contribution in [0.15, 0.2) is 16.7 Å². The maximum Gasteiger partial charge on any atom is 0.213 e.